The topological polar surface area (TPSA) is 38.6 Å². The number of hydrogen-bond donors (Lipinski definition) is 1. The van der Waals surface area contributed by atoms with Crippen LogP contribution in [0.25, 0.3) is 4.96 Å². The van der Waals surface area contributed by atoms with Gasteiger partial charge in [0, 0.05) is 18.1 Å². The quantitative estimate of drug-likeness (QED) is 0.801. The van der Waals surface area contributed by atoms with E-state index in [1.165, 1.54) is 0 Å². The molecule has 1 N–H and O–H groups in total. The van der Waals surface area contributed by atoms with E-state index in [0.29, 0.717) is 5.88 Å². The minimum Gasteiger partial charge on any atom is -0.480 e. The van der Waals surface area contributed by atoms with E-state index in [0.717, 1.165) is 17.2 Å². The Morgan fingerprint density at radius 1 is 1.69 bits per heavy atom. The van der Waals surface area contributed by atoms with Crippen LogP contribution in [0.1, 0.15) is 5.69 Å². The fraction of sp³-hybridized carbons (Fsp3) is 0.375. The minimum atomic E-state index is 0.709. The van der Waals surface area contributed by atoms with Gasteiger partial charge < -0.3 is 10.1 Å². The Kier molecular flexibility index (Phi) is 2.20. The second kappa shape index (κ2) is 3.35. The van der Waals surface area contributed by atoms with Gasteiger partial charge in [-0.1, -0.05) is 0 Å². The van der Waals surface area contributed by atoms with Crippen molar-refractivity contribution in [3.8, 4) is 5.88 Å². The Hall–Kier alpha value is -1.07. The molecule has 0 bridgehead atoms. The summed E-state index contributed by atoms with van der Waals surface area (Å²) in [6.07, 6.45) is 2.00. The van der Waals surface area contributed by atoms with Gasteiger partial charge in [0.2, 0.25) is 5.88 Å². The lowest BCUT2D eigenvalue weighted by Crippen LogP contribution is -2.08. The normalized spacial score (nSPS) is 10.9. The molecule has 2 rings (SSSR count). The molecule has 2 heterocycles. The molecule has 0 spiro atoms. The van der Waals surface area contributed by atoms with Crippen molar-refractivity contribution in [1.82, 2.24) is 14.7 Å². The number of methoxy groups -OCH3 is 1. The van der Waals surface area contributed by atoms with Crippen LogP contribution in [0.3, 0.4) is 0 Å². The molecule has 70 valence electrons. The van der Waals surface area contributed by atoms with Gasteiger partial charge in [0.25, 0.3) is 0 Å². The van der Waals surface area contributed by atoms with Crippen LogP contribution in [0.15, 0.2) is 11.6 Å². The van der Waals surface area contributed by atoms with E-state index in [-0.39, 0.29) is 0 Å². The monoisotopic (exact) mass is 197 g/mol. The minimum absolute atomic E-state index is 0.709. The molecule has 0 saturated heterocycles. The molecule has 2 aromatic heterocycles. The second-order valence-corrected chi connectivity index (χ2v) is 3.53. The summed E-state index contributed by atoms with van der Waals surface area (Å²) in [6, 6.07) is 0. The summed E-state index contributed by atoms with van der Waals surface area (Å²) in [4.78, 5) is 5.30. The van der Waals surface area contributed by atoms with Gasteiger partial charge in [-0.2, -0.15) is 4.98 Å². The lowest BCUT2D eigenvalue weighted by atomic mass is 10.4. The van der Waals surface area contributed by atoms with Gasteiger partial charge in [-0.05, 0) is 7.05 Å². The zero-order valence-electron chi connectivity index (χ0n) is 7.57. The Morgan fingerprint density at radius 3 is 3.23 bits per heavy atom. The number of ether oxygens (including phenoxy) is 1. The van der Waals surface area contributed by atoms with Crippen LogP contribution in [0.5, 0.6) is 5.88 Å². The van der Waals surface area contributed by atoms with Crippen LogP contribution in [-0.2, 0) is 6.54 Å². The van der Waals surface area contributed by atoms with Gasteiger partial charge in [-0.3, -0.25) is 4.40 Å². The highest BCUT2D eigenvalue weighted by molar-refractivity contribution is 7.15. The third kappa shape index (κ3) is 1.30. The van der Waals surface area contributed by atoms with Crippen LogP contribution in [0, 0.1) is 0 Å². The number of rotatable bonds is 3. The van der Waals surface area contributed by atoms with Crippen LogP contribution < -0.4 is 10.1 Å². The molecule has 13 heavy (non-hydrogen) atoms. The molecule has 4 nitrogen and oxygen atoms in total. The highest BCUT2D eigenvalue weighted by Crippen LogP contribution is 2.22. The van der Waals surface area contributed by atoms with Crippen molar-refractivity contribution in [1.29, 1.82) is 0 Å². The van der Waals surface area contributed by atoms with Crippen molar-refractivity contribution in [2.24, 2.45) is 0 Å². The summed E-state index contributed by atoms with van der Waals surface area (Å²) < 4.78 is 7.22. The zero-order valence-corrected chi connectivity index (χ0v) is 8.39. The Balaban J connectivity index is 2.56. The van der Waals surface area contributed by atoms with Gasteiger partial charge in [0.1, 0.15) is 5.69 Å². The molecule has 0 aliphatic carbocycles. The SMILES string of the molecule is CNCc1c(OC)nc2sccn12. The maximum Gasteiger partial charge on any atom is 0.237 e. The lowest BCUT2D eigenvalue weighted by Gasteiger charge is -2.00. The standard InChI is InChI=1S/C8H11N3OS/c1-9-5-6-7(12-2)10-8-11(6)3-4-13-8/h3-4,9H,5H2,1-2H3. The molecule has 0 aliphatic rings. The number of imidazole rings is 1. The molecule has 0 amide bonds. The van der Waals surface area contributed by atoms with Crippen LogP contribution in [0.4, 0.5) is 0 Å². The van der Waals surface area contributed by atoms with Crippen LogP contribution in [-0.4, -0.2) is 23.5 Å². The third-order valence-electron chi connectivity index (χ3n) is 1.86. The number of fused-ring (bicyclic) bond motifs is 1. The summed E-state index contributed by atoms with van der Waals surface area (Å²) in [5.41, 5.74) is 1.07. The van der Waals surface area contributed by atoms with E-state index in [1.54, 1.807) is 18.4 Å². The average Bonchev–Trinajstić information content (AvgIpc) is 2.67. The van der Waals surface area contributed by atoms with Crippen molar-refractivity contribution in [2.75, 3.05) is 14.2 Å². The summed E-state index contributed by atoms with van der Waals surface area (Å²) in [5, 5.41) is 5.11. The van der Waals surface area contributed by atoms with Crippen molar-refractivity contribution in [2.45, 2.75) is 6.54 Å². The third-order valence-corrected chi connectivity index (χ3v) is 2.62. The van der Waals surface area contributed by atoms with E-state index in [4.69, 9.17) is 4.74 Å². The fourth-order valence-electron chi connectivity index (χ4n) is 1.30. The Labute approximate surface area is 80.2 Å². The van der Waals surface area contributed by atoms with E-state index in [2.05, 4.69) is 10.3 Å². The summed E-state index contributed by atoms with van der Waals surface area (Å²) in [5.74, 6) is 0.709. The molecule has 0 aliphatic heterocycles. The second-order valence-electron chi connectivity index (χ2n) is 2.65. The maximum absolute atomic E-state index is 5.18. The van der Waals surface area contributed by atoms with E-state index in [9.17, 15) is 0 Å². The van der Waals surface area contributed by atoms with Gasteiger partial charge in [0.15, 0.2) is 4.96 Å². The molecule has 5 heteroatoms. The van der Waals surface area contributed by atoms with Gasteiger partial charge in [-0.25, -0.2) is 0 Å². The molecule has 0 aromatic carbocycles. The molecule has 0 saturated carbocycles. The van der Waals surface area contributed by atoms with Gasteiger partial charge >= 0.3 is 0 Å². The van der Waals surface area contributed by atoms with Crippen molar-refractivity contribution in [3.05, 3.63) is 17.3 Å². The highest BCUT2D eigenvalue weighted by Gasteiger charge is 2.11. The number of hydrogen-bond acceptors (Lipinski definition) is 4. The number of nitrogens with zero attached hydrogens (tertiary/aromatic N) is 2. The molecular formula is C8H11N3OS. The van der Waals surface area contributed by atoms with Crippen molar-refractivity contribution in [3.63, 3.8) is 0 Å². The summed E-state index contributed by atoms with van der Waals surface area (Å²) in [7, 11) is 3.55. The molecule has 0 atom stereocenters. The largest absolute Gasteiger partial charge is 0.480 e. The first-order chi connectivity index (χ1) is 6.36. The molecule has 0 radical (unpaired) electrons. The fourth-order valence-corrected chi connectivity index (χ4v) is 2.03. The smallest absolute Gasteiger partial charge is 0.237 e. The number of aromatic nitrogens is 2. The lowest BCUT2D eigenvalue weighted by molar-refractivity contribution is 0.393. The first kappa shape index (κ1) is 8.52. The maximum atomic E-state index is 5.18. The number of nitrogens with one attached hydrogen (secondary N) is 1. The van der Waals surface area contributed by atoms with E-state index < -0.39 is 0 Å². The predicted molar refractivity (Wildman–Crippen MR) is 52.4 cm³/mol. The Bertz CT molecular complexity index is 406. The van der Waals surface area contributed by atoms with Crippen LogP contribution in [0.2, 0.25) is 0 Å². The summed E-state index contributed by atoms with van der Waals surface area (Å²) >= 11 is 1.61. The molecule has 0 fully saturated rings. The summed E-state index contributed by atoms with van der Waals surface area (Å²) in [6.45, 7) is 0.765. The first-order valence-corrected chi connectivity index (χ1v) is 4.87. The predicted octanol–water partition coefficient (Wildman–Crippen LogP) is 1.12. The van der Waals surface area contributed by atoms with Gasteiger partial charge in [0.05, 0.1) is 7.11 Å². The van der Waals surface area contributed by atoms with Crippen molar-refractivity contribution < 1.29 is 4.74 Å². The highest BCUT2D eigenvalue weighted by atomic mass is 32.1. The van der Waals surface area contributed by atoms with E-state index >= 15 is 0 Å². The van der Waals surface area contributed by atoms with Crippen molar-refractivity contribution >= 4 is 16.3 Å². The molecular weight excluding hydrogens is 186 g/mol. The first-order valence-electron chi connectivity index (χ1n) is 4.00. The van der Waals surface area contributed by atoms with E-state index in [1.807, 2.05) is 23.0 Å². The zero-order chi connectivity index (χ0) is 9.26. The molecule has 2 aromatic rings. The van der Waals surface area contributed by atoms with Crippen LogP contribution >= 0.6 is 11.3 Å². The van der Waals surface area contributed by atoms with Gasteiger partial charge in [-0.15, -0.1) is 11.3 Å². The molecule has 0 unspecified atom stereocenters. The number of thiazole rings is 1. The average molecular weight is 197 g/mol. The Morgan fingerprint density at radius 2 is 2.54 bits per heavy atom.